The maximum absolute atomic E-state index is 13.9. The van der Waals surface area contributed by atoms with E-state index >= 15 is 0 Å². The van der Waals surface area contributed by atoms with Crippen LogP contribution in [-0.4, -0.2) is 4.98 Å². The number of hydrogen-bond acceptors (Lipinski definition) is 2. The van der Waals surface area contributed by atoms with Gasteiger partial charge in [-0.05, 0) is 41.8 Å². The molecule has 0 N–H and O–H groups in total. The van der Waals surface area contributed by atoms with Crippen LogP contribution in [0, 0.1) is 5.82 Å². The molecule has 1 aromatic heterocycles. The van der Waals surface area contributed by atoms with Crippen LogP contribution in [0.1, 0.15) is 25.3 Å². The minimum absolute atomic E-state index is 0.311. The van der Waals surface area contributed by atoms with E-state index in [0.29, 0.717) is 27.4 Å². The van der Waals surface area contributed by atoms with Crippen LogP contribution in [0.3, 0.4) is 0 Å². The van der Waals surface area contributed by atoms with Gasteiger partial charge >= 0.3 is 0 Å². The van der Waals surface area contributed by atoms with Crippen molar-refractivity contribution in [3.05, 3.63) is 52.3 Å². The van der Waals surface area contributed by atoms with Crippen molar-refractivity contribution in [2.45, 2.75) is 19.8 Å². The van der Waals surface area contributed by atoms with Gasteiger partial charge in [0.1, 0.15) is 11.3 Å². The highest BCUT2D eigenvalue weighted by Crippen LogP contribution is 2.29. The van der Waals surface area contributed by atoms with Crippen molar-refractivity contribution in [2.24, 2.45) is 0 Å². The molecule has 1 heterocycles. The fraction of sp³-hybridized carbons (Fsp3) is 0.188. The van der Waals surface area contributed by atoms with Crippen molar-refractivity contribution in [3.8, 4) is 11.5 Å². The molecule has 4 heteroatoms. The first-order valence-electron chi connectivity index (χ1n) is 6.40. The summed E-state index contributed by atoms with van der Waals surface area (Å²) in [5.41, 5.74) is 2.99. The number of oxazole rings is 1. The molecule has 0 radical (unpaired) electrons. The van der Waals surface area contributed by atoms with Gasteiger partial charge in [-0.25, -0.2) is 9.37 Å². The number of hydrogen-bond donors (Lipinski definition) is 0. The van der Waals surface area contributed by atoms with Crippen LogP contribution in [-0.2, 0) is 0 Å². The van der Waals surface area contributed by atoms with E-state index in [4.69, 9.17) is 4.42 Å². The van der Waals surface area contributed by atoms with Gasteiger partial charge in [-0.2, -0.15) is 0 Å². The molecule has 0 bridgehead atoms. The monoisotopic (exact) mass is 333 g/mol. The SMILES string of the molecule is CC(C)c1ccc2oc(-c3ccc(Br)cc3F)nc2c1. The second kappa shape index (κ2) is 5.02. The first-order valence-corrected chi connectivity index (χ1v) is 7.20. The van der Waals surface area contributed by atoms with Crippen LogP contribution in [0.5, 0.6) is 0 Å². The van der Waals surface area contributed by atoms with Gasteiger partial charge in [0, 0.05) is 4.47 Å². The zero-order valence-corrected chi connectivity index (χ0v) is 12.7. The average molecular weight is 334 g/mol. The quantitative estimate of drug-likeness (QED) is 0.617. The van der Waals surface area contributed by atoms with E-state index in [9.17, 15) is 4.39 Å². The van der Waals surface area contributed by atoms with Gasteiger partial charge in [-0.1, -0.05) is 35.8 Å². The molecule has 3 aromatic rings. The molecule has 0 fully saturated rings. The molecule has 0 amide bonds. The maximum Gasteiger partial charge on any atom is 0.230 e. The average Bonchev–Trinajstić information content (AvgIpc) is 2.80. The fourth-order valence-electron chi connectivity index (χ4n) is 2.08. The highest BCUT2D eigenvalue weighted by atomic mass is 79.9. The third-order valence-electron chi connectivity index (χ3n) is 3.24. The third kappa shape index (κ3) is 2.36. The Hall–Kier alpha value is -1.68. The van der Waals surface area contributed by atoms with Gasteiger partial charge in [-0.15, -0.1) is 0 Å². The standard InChI is InChI=1S/C16H13BrFNO/c1-9(2)10-3-6-15-14(7-10)19-16(20-15)12-5-4-11(17)8-13(12)18/h3-9H,1-2H3. The van der Waals surface area contributed by atoms with Gasteiger partial charge in [0.05, 0.1) is 5.56 Å². The molecule has 0 aliphatic heterocycles. The van der Waals surface area contributed by atoms with Crippen molar-refractivity contribution < 1.29 is 8.81 Å². The summed E-state index contributed by atoms with van der Waals surface area (Å²) < 4.78 is 20.3. The van der Waals surface area contributed by atoms with E-state index in [2.05, 4.69) is 34.8 Å². The summed E-state index contributed by atoms with van der Waals surface area (Å²) >= 11 is 3.24. The van der Waals surface area contributed by atoms with E-state index in [0.717, 1.165) is 5.52 Å². The molecule has 3 rings (SSSR count). The molecule has 2 aromatic carbocycles. The van der Waals surface area contributed by atoms with Crippen molar-refractivity contribution >= 4 is 27.0 Å². The zero-order chi connectivity index (χ0) is 14.3. The lowest BCUT2D eigenvalue weighted by atomic mass is 10.0. The zero-order valence-electron chi connectivity index (χ0n) is 11.2. The second-order valence-corrected chi connectivity index (χ2v) is 5.94. The second-order valence-electron chi connectivity index (χ2n) is 5.03. The number of nitrogens with zero attached hydrogens (tertiary/aromatic N) is 1. The molecule has 0 atom stereocenters. The fourth-order valence-corrected chi connectivity index (χ4v) is 2.41. The van der Waals surface area contributed by atoms with E-state index < -0.39 is 0 Å². The predicted molar refractivity (Wildman–Crippen MR) is 81.2 cm³/mol. The molecule has 0 aliphatic rings. The Morgan fingerprint density at radius 1 is 1.15 bits per heavy atom. The van der Waals surface area contributed by atoms with Crippen LogP contribution < -0.4 is 0 Å². The van der Waals surface area contributed by atoms with Gasteiger partial charge in [0.25, 0.3) is 0 Å². The lowest BCUT2D eigenvalue weighted by Gasteiger charge is -2.02. The molecule has 0 unspecified atom stereocenters. The Morgan fingerprint density at radius 3 is 2.65 bits per heavy atom. The summed E-state index contributed by atoms with van der Waals surface area (Å²) in [4.78, 5) is 4.39. The number of rotatable bonds is 2. The van der Waals surface area contributed by atoms with Crippen molar-refractivity contribution in [2.75, 3.05) is 0 Å². The Bertz CT molecular complexity index is 779. The summed E-state index contributed by atoms with van der Waals surface area (Å²) in [6, 6.07) is 10.7. The van der Waals surface area contributed by atoms with Gasteiger partial charge < -0.3 is 4.42 Å². The van der Waals surface area contributed by atoms with Crippen LogP contribution in [0.25, 0.3) is 22.6 Å². The lowest BCUT2D eigenvalue weighted by Crippen LogP contribution is -1.86. The Labute approximate surface area is 124 Å². The molecular weight excluding hydrogens is 321 g/mol. The topological polar surface area (TPSA) is 26.0 Å². The van der Waals surface area contributed by atoms with Gasteiger partial charge in [0.2, 0.25) is 5.89 Å². The van der Waals surface area contributed by atoms with Gasteiger partial charge in [-0.3, -0.25) is 0 Å². The first-order chi connectivity index (χ1) is 9.54. The number of aromatic nitrogens is 1. The molecule has 0 spiro atoms. The van der Waals surface area contributed by atoms with Crippen LogP contribution >= 0.6 is 15.9 Å². The van der Waals surface area contributed by atoms with Crippen molar-refractivity contribution in [1.82, 2.24) is 4.98 Å². The summed E-state index contributed by atoms with van der Waals surface area (Å²) in [5, 5.41) is 0. The lowest BCUT2D eigenvalue weighted by molar-refractivity contribution is 0.593. The van der Waals surface area contributed by atoms with E-state index in [1.54, 1.807) is 12.1 Å². The smallest absolute Gasteiger partial charge is 0.230 e. The molecule has 0 saturated heterocycles. The first kappa shape index (κ1) is 13.3. The number of halogens is 2. The Kier molecular flexibility index (Phi) is 3.34. The molecular formula is C16H13BrFNO. The Morgan fingerprint density at radius 2 is 1.95 bits per heavy atom. The van der Waals surface area contributed by atoms with Crippen molar-refractivity contribution in [3.63, 3.8) is 0 Å². The van der Waals surface area contributed by atoms with E-state index in [1.807, 2.05) is 18.2 Å². The summed E-state index contributed by atoms with van der Waals surface area (Å²) in [6.07, 6.45) is 0. The van der Waals surface area contributed by atoms with E-state index in [-0.39, 0.29) is 5.82 Å². The van der Waals surface area contributed by atoms with Crippen LogP contribution in [0.2, 0.25) is 0 Å². The van der Waals surface area contributed by atoms with Crippen molar-refractivity contribution in [1.29, 1.82) is 0 Å². The maximum atomic E-state index is 13.9. The Balaban J connectivity index is 2.13. The minimum atomic E-state index is -0.352. The minimum Gasteiger partial charge on any atom is -0.436 e. The number of fused-ring (bicyclic) bond motifs is 1. The molecule has 102 valence electrons. The van der Waals surface area contributed by atoms with E-state index in [1.165, 1.54) is 11.6 Å². The third-order valence-corrected chi connectivity index (χ3v) is 3.73. The molecule has 20 heavy (non-hydrogen) atoms. The highest BCUT2D eigenvalue weighted by molar-refractivity contribution is 9.10. The number of benzene rings is 2. The largest absolute Gasteiger partial charge is 0.436 e. The summed E-state index contributed by atoms with van der Waals surface area (Å²) in [7, 11) is 0. The predicted octanol–water partition coefficient (Wildman–Crippen LogP) is 5.52. The summed E-state index contributed by atoms with van der Waals surface area (Å²) in [5.74, 6) is 0.380. The highest BCUT2D eigenvalue weighted by Gasteiger charge is 2.13. The molecule has 0 aliphatic carbocycles. The van der Waals surface area contributed by atoms with Crippen LogP contribution in [0.4, 0.5) is 4.39 Å². The normalized spacial score (nSPS) is 11.4. The summed E-state index contributed by atoms with van der Waals surface area (Å²) in [6.45, 7) is 4.24. The van der Waals surface area contributed by atoms with Crippen LogP contribution in [0.15, 0.2) is 45.3 Å². The molecule has 0 saturated carbocycles. The molecule has 2 nitrogen and oxygen atoms in total. The van der Waals surface area contributed by atoms with Gasteiger partial charge in [0.15, 0.2) is 5.58 Å².